The fourth-order valence-electron chi connectivity index (χ4n) is 1.06. The molecule has 0 aliphatic rings. The van der Waals surface area contributed by atoms with Gasteiger partial charge in [-0.2, -0.15) is 5.10 Å². The van der Waals surface area contributed by atoms with E-state index in [1.54, 1.807) is 17.1 Å². The molecular formula is C10H17N3O2. The van der Waals surface area contributed by atoms with E-state index in [0.29, 0.717) is 0 Å². The van der Waals surface area contributed by atoms with E-state index in [2.05, 4.69) is 10.4 Å². The van der Waals surface area contributed by atoms with E-state index in [1.807, 2.05) is 27.8 Å². The second kappa shape index (κ2) is 4.33. The van der Waals surface area contributed by atoms with Gasteiger partial charge in [0.25, 0.3) is 0 Å². The van der Waals surface area contributed by atoms with Crippen molar-refractivity contribution in [1.82, 2.24) is 9.78 Å². The van der Waals surface area contributed by atoms with Crippen LogP contribution in [0.15, 0.2) is 12.4 Å². The van der Waals surface area contributed by atoms with Gasteiger partial charge >= 0.3 is 5.97 Å². The van der Waals surface area contributed by atoms with Gasteiger partial charge in [0.2, 0.25) is 0 Å². The van der Waals surface area contributed by atoms with E-state index in [-0.39, 0.29) is 12.5 Å². The summed E-state index contributed by atoms with van der Waals surface area (Å²) < 4.78 is 6.80. The summed E-state index contributed by atoms with van der Waals surface area (Å²) in [7, 11) is 1.82. The predicted molar refractivity (Wildman–Crippen MR) is 57.5 cm³/mol. The number of nitrogens with one attached hydrogen (secondary N) is 1. The number of carbonyl (C=O) groups excluding carboxylic acids is 1. The molecule has 0 aromatic carbocycles. The molecule has 15 heavy (non-hydrogen) atoms. The average Bonchev–Trinajstić information content (AvgIpc) is 2.45. The average molecular weight is 211 g/mol. The van der Waals surface area contributed by atoms with Crippen LogP contribution in [0.25, 0.3) is 0 Å². The molecule has 0 spiro atoms. The summed E-state index contributed by atoms with van der Waals surface area (Å²) in [6.07, 6.45) is 3.45. The molecule has 0 saturated heterocycles. The van der Waals surface area contributed by atoms with E-state index in [9.17, 15) is 4.79 Å². The Balaban J connectivity index is 2.35. The molecule has 5 nitrogen and oxygen atoms in total. The van der Waals surface area contributed by atoms with Gasteiger partial charge in [-0.05, 0) is 20.8 Å². The number of esters is 1. The molecule has 0 radical (unpaired) electrons. The Morgan fingerprint density at radius 3 is 2.73 bits per heavy atom. The first-order chi connectivity index (χ1) is 6.87. The molecule has 1 N–H and O–H groups in total. The van der Waals surface area contributed by atoms with Crippen LogP contribution in [-0.2, 0) is 16.6 Å². The van der Waals surface area contributed by atoms with Gasteiger partial charge in [0.1, 0.15) is 12.1 Å². The van der Waals surface area contributed by atoms with Crippen molar-refractivity contribution in [2.75, 3.05) is 11.9 Å². The third kappa shape index (κ3) is 4.49. The topological polar surface area (TPSA) is 56.2 Å². The van der Waals surface area contributed by atoms with Gasteiger partial charge in [0.15, 0.2) is 0 Å². The molecule has 1 aromatic rings. The number of ether oxygens (including phenoxy) is 1. The van der Waals surface area contributed by atoms with E-state index in [1.165, 1.54) is 0 Å². The molecule has 0 aliphatic carbocycles. The number of aryl methyl sites for hydroxylation is 1. The first-order valence-corrected chi connectivity index (χ1v) is 4.81. The van der Waals surface area contributed by atoms with Gasteiger partial charge < -0.3 is 10.1 Å². The zero-order valence-electron chi connectivity index (χ0n) is 9.57. The van der Waals surface area contributed by atoms with Crippen molar-refractivity contribution in [1.29, 1.82) is 0 Å². The first kappa shape index (κ1) is 11.6. The predicted octanol–water partition coefficient (Wildman–Crippen LogP) is 1.17. The Labute approximate surface area is 89.4 Å². The first-order valence-electron chi connectivity index (χ1n) is 4.81. The molecular weight excluding hydrogens is 194 g/mol. The third-order valence-electron chi connectivity index (χ3n) is 1.56. The van der Waals surface area contributed by atoms with Gasteiger partial charge in [0.05, 0.1) is 11.9 Å². The summed E-state index contributed by atoms with van der Waals surface area (Å²) in [5.41, 5.74) is 0.372. The van der Waals surface area contributed by atoms with Crippen LogP contribution in [0.4, 0.5) is 5.69 Å². The third-order valence-corrected chi connectivity index (χ3v) is 1.56. The lowest BCUT2D eigenvalue weighted by Gasteiger charge is -2.19. The standard InChI is InChI=1S/C10H17N3O2/c1-10(2,3)15-9(14)6-11-8-5-12-13(4)7-8/h5,7,11H,6H2,1-4H3. The highest BCUT2D eigenvalue weighted by Gasteiger charge is 2.15. The molecule has 1 heterocycles. The maximum Gasteiger partial charge on any atom is 0.325 e. The molecule has 1 aromatic heterocycles. The van der Waals surface area contributed by atoms with Gasteiger partial charge in [-0.15, -0.1) is 0 Å². The Morgan fingerprint density at radius 1 is 1.60 bits per heavy atom. The van der Waals surface area contributed by atoms with Crippen LogP contribution in [0.3, 0.4) is 0 Å². The van der Waals surface area contributed by atoms with Crippen molar-refractivity contribution in [3.05, 3.63) is 12.4 Å². The fraction of sp³-hybridized carbons (Fsp3) is 0.600. The minimum atomic E-state index is -0.437. The summed E-state index contributed by atoms with van der Waals surface area (Å²) in [6, 6.07) is 0. The Bertz CT molecular complexity index is 339. The number of hydrogen-bond donors (Lipinski definition) is 1. The molecule has 0 atom stereocenters. The number of anilines is 1. The van der Waals surface area contributed by atoms with E-state index in [0.717, 1.165) is 5.69 Å². The second-order valence-corrected chi connectivity index (χ2v) is 4.34. The maximum absolute atomic E-state index is 11.3. The molecule has 84 valence electrons. The molecule has 0 unspecified atom stereocenters. The van der Waals surface area contributed by atoms with Crippen molar-refractivity contribution >= 4 is 11.7 Å². The number of nitrogens with zero attached hydrogens (tertiary/aromatic N) is 2. The summed E-state index contributed by atoms with van der Waals surface area (Å²) in [6.45, 7) is 5.68. The van der Waals surface area contributed by atoms with Gasteiger partial charge in [-0.25, -0.2) is 0 Å². The lowest BCUT2D eigenvalue weighted by molar-refractivity contribution is -0.152. The zero-order chi connectivity index (χ0) is 11.5. The molecule has 0 aliphatic heterocycles. The molecule has 0 amide bonds. The minimum absolute atomic E-state index is 0.156. The normalized spacial score (nSPS) is 11.2. The Kier molecular flexibility index (Phi) is 3.34. The lowest BCUT2D eigenvalue weighted by atomic mass is 10.2. The molecule has 0 fully saturated rings. The quantitative estimate of drug-likeness (QED) is 0.763. The highest BCUT2D eigenvalue weighted by Crippen LogP contribution is 2.08. The highest BCUT2D eigenvalue weighted by atomic mass is 16.6. The fourth-order valence-corrected chi connectivity index (χ4v) is 1.06. The van der Waals surface area contributed by atoms with Crippen LogP contribution in [0.5, 0.6) is 0 Å². The van der Waals surface area contributed by atoms with Crippen LogP contribution in [-0.4, -0.2) is 27.9 Å². The van der Waals surface area contributed by atoms with Crippen molar-refractivity contribution in [3.8, 4) is 0 Å². The monoisotopic (exact) mass is 211 g/mol. The molecule has 1 rings (SSSR count). The maximum atomic E-state index is 11.3. The highest BCUT2D eigenvalue weighted by molar-refractivity contribution is 5.75. The molecule has 5 heteroatoms. The van der Waals surface area contributed by atoms with Crippen LogP contribution in [0, 0.1) is 0 Å². The summed E-state index contributed by atoms with van der Waals surface area (Å²) in [5, 5.41) is 6.90. The summed E-state index contributed by atoms with van der Waals surface area (Å²) in [5.74, 6) is -0.272. The number of hydrogen-bond acceptors (Lipinski definition) is 4. The van der Waals surface area contributed by atoms with Crippen LogP contribution in [0.2, 0.25) is 0 Å². The van der Waals surface area contributed by atoms with E-state index < -0.39 is 5.60 Å². The van der Waals surface area contributed by atoms with Crippen LogP contribution >= 0.6 is 0 Å². The molecule has 0 bridgehead atoms. The van der Waals surface area contributed by atoms with Crippen molar-refractivity contribution in [3.63, 3.8) is 0 Å². The van der Waals surface area contributed by atoms with Crippen molar-refractivity contribution < 1.29 is 9.53 Å². The lowest BCUT2D eigenvalue weighted by Crippen LogP contribution is -2.28. The van der Waals surface area contributed by atoms with Crippen molar-refractivity contribution in [2.24, 2.45) is 7.05 Å². The Morgan fingerprint density at radius 2 is 2.27 bits per heavy atom. The van der Waals surface area contributed by atoms with Crippen molar-refractivity contribution in [2.45, 2.75) is 26.4 Å². The smallest absolute Gasteiger partial charge is 0.325 e. The largest absolute Gasteiger partial charge is 0.459 e. The zero-order valence-corrected chi connectivity index (χ0v) is 9.57. The van der Waals surface area contributed by atoms with Crippen LogP contribution in [0.1, 0.15) is 20.8 Å². The van der Waals surface area contributed by atoms with Crippen LogP contribution < -0.4 is 5.32 Å². The van der Waals surface area contributed by atoms with Gasteiger partial charge in [-0.1, -0.05) is 0 Å². The number of carbonyl (C=O) groups is 1. The van der Waals surface area contributed by atoms with E-state index in [4.69, 9.17) is 4.74 Å². The van der Waals surface area contributed by atoms with E-state index >= 15 is 0 Å². The second-order valence-electron chi connectivity index (χ2n) is 4.34. The number of rotatable bonds is 3. The number of aromatic nitrogens is 2. The molecule has 0 saturated carbocycles. The minimum Gasteiger partial charge on any atom is -0.459 e. The summed E-state index contributed by atoms with van der Waals surface area (Å²) >= 11 is 0. The SMILES string of the molecule is Cn1cc(NCC(=O)OC(C)(C)C)cn1. The van der Waals surface area contributed by atoms with Gasteiger partial charge in [-0.3, -0.25) is 9.48 Å². The van der Waals surface area contributed by atoms with Gasteiger partial charge in [0, 0.05) is 13.2 Å². The Hall–Kier alpha value is -1.52. The summed E-state index contributed by atoms with van der Waals surface area (Å²) in [4.78, 5) is 11.3.